The SMILES string of the molecule is O=S(=O)(NCC1CCOC1)c1ccc2c(c1)CCO2. The summed E-state index contributed by atoms with van der Waals surface area (Å²) in [6, 6.07) is 5.03. The van der Waals surface area contributed by atoms with Gasteiger partial charge in [0.25, 0.3) is 0 Å². The van der Waals surface area contributed by atoms with E-state index >= 15 is 0 Å². The summed E-state index contributed by atoms with van der Waals surface area (Å²) in [6.07, 6.45) is 1.69. The fraction of sp³-hybridized carbons (Fsp3) is 0.538. The molecule has 0 aromatic heterocycles. The molecule has 104 valence electrons. The lowest BCUT2D eigenvalue weighted by molar-refractivity contribution is 0.186. The van der Waals surface area contributed by atoms with E-state index in [4.69, 9.17) is 9.47 Å². The van der Waals surface area contributed by atoms with E-state index in [2.05, 4.69) is 4.72 Å². The van der Waals surface area contributed by atoms with Crippen molar-refractivity contribution in [3.63, 3.8) is 0 Å². The van der Waals surface area contributed by atoms with Crippen molar-refractivity contribution in [2.75, 3.05) is 26.4 Å². The number of fused-ring (bicyclic) bond motifs is 1. The highest BCUT2D eigenvalue weighted by molar-refractivity contribution is 7.89. The predicted octanol–water partition coefficient (Wildman–Crippen LogP) is 0.936. The second-order valence-electron chi connectivity index (χ2n) is 4.95. The van der Waals surface area contributed by atoms with Crippen LogP contribution in [0.1, 0.15) is 12.0 Å². The molecule has 1 aromatic carbocycles. The molecule has 5 nitrogen and oxygen atoms in total. The molecule has 0 radical (unpaired) electrons. The number of nitrogens with one attached hydrogen (secondary N) is 1. The average Bonchev–Trinajstić information content (AvgIpc) is 3.06. The Morgan fingerprint density at radius 3 is 3.00 bits per heavy atom. The lowest BCUT2D eigenvalue weighted by atomic mass is 10.1. The van der Waals surface area contributed by atoms with E-state index in [1.54, 1.807) is 18.2 Å². The average molecular weight is 283 g/mol. The van der Waals surface area contributed by atoms with Crippen LogP contribution in [0.4, 0.5) is 0 Å². The zero-order chi connectivity index (χ0) is 13.3. The van der Waals surface area contributed by atoms with Crippen LogP contribution in [0.5, 0.6) is 5.75 Å². The Morgan fingerprint density at radius 1 is 1.32 bits per heavy atom. The lowest BCUT2D eigenvalue weighted by Crippen LogP contribution is -2.29. The number of benzene rings is 1. The standard InChI is InChI=1S/C13H17NO4S/c15-19(16,14-8-10-3-5-17-9-10)12-1-2-13-11(7-12)4-6-18-13/h1-2,7,10,14H,3-6,8-9H2. The second-order valence-corrected chi connectivity index (χ2v) is 6.72. The van der Waals surface area contributed by atoms with Gasteiger partial charge in [-0.1, -0.05) is 0 Å². The molecule has 0 saturated carbocycles. The molecule has 0 bridgehead atoms. The van der Waals surface area contributed by atoms with Crippen molar-refractivity contribution >= 4 is 10.0 Å². The van der Waals surface area contributed by atoms with E-state index < -0.39 is 10.0 Å². The third-order valence-corrected chi connectivity index (χ3v) is 4.98. The van der Waals surface area contributed by atoms with Crippen molar-refractivity contribution in [1.82, 2.24) is 4.72 Å². The topological polar surface area (TPSA) is 64.6 Å². The minimum Gasteiger partial charge on any atom is -0.493 e. The Bertz CT molecular complexity index is 564. The van der Waals surface area contributed by atoms with Gasteiger partial charge in [0.15, 0.2) is 0 Å². The monoisotopic (exact) mass is 283 g/mol. The number of hydrogen-bond donors (Lipinski definition) is 1. The largest absolute Gasteiger partial charge is 0.493 e. The molecule has 1 fully saturated rings. The number of sulfonamides is 1. The first-order valence-corrected chi connectivity index (χ1v) is 7.96. The van der Waals surface area contributed by atoms with Gasteiger partial charge in [-0.05, 0) is 36.1 Å². The Kier molecular flexibility index (Phi) is 3.47. The van der Waals surface area contributed by atoms with Crippen LogP contribution in [0.2, 0.25) is 0 Å². The van der Waals surface area contributed by atoms with Crippen molar-refractivity contribution in [3.05, 3.63) is 23.8 Å². The zero-order valence-corrected chi connectivity index (χ0v) is 11.4. The van der Waals surface area contributed by atoms with E-state index in [-0.39, 0.29) is 5.92 Å². The third-order valence-electron chi connectivity index (χ3n) is 3.56. The van der Waals surface area contributed by atoms with Gasteiger partial charge < -0.3 is 9.47 Å². The van der Waals surface area contributed by atoms with Gasteiger partial charge in [0.1, 0.15) is 5.75 Å². The molecule has 0 amide bonds. The first-order chi connectivity index (χ1) is 9.15. The van der Waals surface area contributed by atoms with Gasteiger partial charge in [-0.25, -0.2) is 13.1 Å². The summed E-state index contributed by atoms with van der Waals surface area (Å²) in [5, 5.41) is 0. The van der Waals surface area contributed by atoms with E-state index in [1.807, 2.05) is 0 Å². The number of rotatable bonds is 4. The molecule has 3 rings (SSSR count). The van der Waals surface area contributed by atoms with Gasteiger partial charge in [0.2, 0.25) is 10.0 Å². The number of hydrogen-bond acceptors (Lipinski definition) is 4. The molecule has 2 heterocycles. The van der Waals surface area contributed by atoms with Crippen molar-refractivity contribution in [3.8, 4) is 5.75 Å². The smallest absolute Gasteiger partial charge is 0.240 e. The molecule has 6 heteroatoms. The van der Waals surface area contributed by atoms with Crippen LogP contribution >= 0.6 is 0 Å². The molecular weight excluding hydrogens is 266 g/mol. The molecule has 1 aromatic rings. The van der Waals surface area contributed by atoms with Crippen LogP contribution in [0.3, 0.4) is 0 Å². The van der Waals surface area contributed by atoms with Crippen LogP contribution < -0.4 is 9.46 Å². The summed E-state index contributed by atoms with van der Waals surface area (Å²) in [5.41, 5.74) is 0.965. The molecule has 0 spiro atoms. The van der Waals surface area contributed by atoms with Crippen LogP contribution in [-0.4, -0.2) is 34.8 Å². The second kappa shape index (κ2) is 5.11. The minimum atomic E-state index is -3.43. The Hall–Kier alpha value is -1.11. The maximum atomic E-state index is 12.2. The Morgan fingerprint density at radius 2 is 2.21 bits per heavy atom. The summed E-state index contributed by atoms with van der Waals surface area (Å²) in [6.45, 7) is 2.44. The van der Waals surface area contributed by atoms with Crippen LogP contribution in [0.25, 0.3) is 0 Å². The van der Waals surface area contributed by atoms with Gasteiger partial charge in [-0.2, -0.15) is 0 Å². The predicted molar refractivity (Wildman–Crippen MR) is 69.8 cm³/mol. The molecule has 0 aliphatic carbocycles. The maximum absolute atomic E-state index is 12.2. The van der Waals surface area contributed by atoms with Crippen molar-refractivity contribution in [1.29, 1.82) is 0 Å². The van der Waals surface area contributed by atoms with Crippen LogP contribution in [-0.2, 0) is 21.2 Å². The summed E-state index contributed by atoms with van der Waals surface area (Å²) in [4.78, 5) is 0.315. The first-order valence-electron chi connectivity index (χ1n) is 6.48. The summed E-state index contributed by atoms with van der Waals surface area (Å²) >= 11 is 0. The van der Waals surface area contributed by atoms with E-state index in [1.165, 1.54) is 0 Å². The number of ether oxygens (including phenoxy) is 2. The minimum absolute atomic E-state index is 0.285. The van der Waals surface area contributed by atoms with E-state index in [0.717, 1.165) is 30.8 Å². The Labute approximate surface area is 113 Å². The van der Waals surface area contributed by atoms with Gasteiger partial charge in [0.05, 0.1) is 18.1 Å². The van der Waals surface area contributed by atoms with E-state index in [0.29, 0.717) is 24.7 Å². The summed E-state index contributed by atoms with van der Waals surface area (Å²) < 4.78 is 37.7. The molecule has 1 unspecified atom stereocenters. The fourth-order valence-corrected chi connectivity index (χ4v) is 3.55. The van der Waals surface area contributed by atoms with E-state index in [9.17, 15) is 8.42 Å². The molecule has 2 aliphatic rings. The quantitative estimate of drug-likeness (QED) is 0.893. The first kappa shape index (κ1) is 12.9. The normalized spacial score (nSPS) is 22.2. The van der Waals surface area contributed by atoms with Crippen LogP contribution in [0, 0.1) is 5.92 Å². The molecular formula is C13H17NO4S. The zero-order valence-electron chi connectivity index (χ0n) is 10.6. The molecule has 1 atom stereocenters. The lowest BCUT2D eigenvalue weighted by Gasteiger charge is -2.11. The summed E-state index contributed by atoms with van der Waals surface area (Å²) in [7, 11) is -3.43. The molecule has 1 N–H and O–H groups in total. The van der Waals surface area contributed by atoms with Crippen molar-refractivity contribution < 1.29 is 17.9 Å². The summed E-state index contributed by atoms with van der Waals surface area (Å²) in [5.74, 6) is 1.08. The fourth-order valence-electron chi connectivity index (χ4n) is 2.39. The van der Waals surface area contributed by atoms with Gasteiger partial charge in [-0.3, -0.25) is 0 Å². The molecule has 19 heavy (non-hydrogen) atoms. The molecule has 1 saturated heterocycles. The van der Waals surface area contributed by atoms with Gasteiger partial charge in [-0.15, -0.1) is 0 Å². The highest BCUT2D eigenvalue weighted by Gasteiger charge is 2.22. The van der Waals surface area contributed by atoms with Gasteiger partial charge in [0, 0.05) is 19.6 Å². The highest BCUT2D eigenvalue weighted by Crippen LogP contribution is 2.27. The van der Waals surface area contributed by atoms with Gasteiger partial charge >= 0.3 is 0 Å². The highest BCUT2D eigenvalue weighted by atomic mass is 32.2. The van der Waals surface area contributed by atoms with Crippen molar-refractivity contribution in [2.24, 2.45) is 5.92 Å². The Balaban J connectivity index is 1.72. The van der Waals surface area contributed by atoms with Crippen LogP contribution in [0.15, 0.2) is 23.1 Å². The maximum Gasteiger partial charge on any atom is 0.240 e. The van der Waals surface area contributed by atoms with Crippen molar-refractivity contribution in [2.45, 2.75) is 17.7 Å². The molecule has 2 aliphatic heterocycles. The third kappa shape index (κ3) is 2.75.